The molecule has 0 fully saturated rings. The lowest BCUT2D eigenvalue weighted by Gasteiger charge is -2.06. The van der Waals surface area contributed by atoms with Gasteiger partial charge in [0.1, 0.15) is 11.0 Å². The van der Waals surface area contributed by atoms with E-state index in [0.717, 1.165) is 12.1 Å². The second-order valence-corrected chi connectivity index (χ2v) is 7.02. The molecule has 1 aliphatic rings. The Kier molecular flexibility index (Phi) is 6.23. The molecule has 2 heterocycles. The number of thioether (sulfide) groups is 1. The zero-order valence-corrected chi connectivity index (χ0v) is 15.1. The highest BCUT2D eigenvalue weighted by molar-refractivity contribution is 8.16. The molecule has 1 aromatic rings. The molecule has 1 N–H and O–H groups in total. The quantitative estimate of drug-likeness (QED) is 0.437. The Bertz CT molecular complexity index is 872. The molecule has 0 aliphatic carbocycles. The number of nitrogens with one attached hydrogen (secondary N) is 1. The Morgan fingerprint density at radius 1 is 1.07 bits per heavy atom. The SMILES string of the molecule is CC(NC(=O)c1ccc(C(=O)C(F)(F)F)s1)C1=CSC(OC(=O)C(F)(F)F)=[N+]1. The van der Waals surface area contributed by atoms with Crippen LogP contribution in [0.25, 0.3) is 0 Å². The number of aliphatic imine (C=N–C) groups is 1. The van der Waals surface area contributed by atoms with Crippen molar-refractivity contribution in [3.8, 4) is 0 Å². The summed E-state index contributed by atoms with van der Waals surface area (Å²) in [5, 5.41) is 3.00. The molecule has 1 aliphatic heterocycles. The Morgan fingerprint density at radius 2 is 1.68 bits per heavy atom. The minimum Gasteiger partial charge on any atom is -0.354 e. The summed E-state index contributed by atoms with van der Waals surface area (Å²) < 4.78 is 77.6. The van der Waals surface area contributed by atoms with Crippen LogP contribution < -0.4 is 10.3 Å². The molecule has 1 radical (unpaired) electrons. The van der Waals surface area contributed by atoms with E-state index in [-0.39, 0.29) is 10.6 Å². The predicted octanol–water partition coefficient (Wildman–Crippen LogP) is 3.00. The number of rotatable bonds is 4. The highest BCUT2D eigenvalue weighted by Gasteiger charge is 2.45. The number of ketones is 1. The molecule has 0 spiro atoms. The van der Waals surface area contributed by atoms with Crippen molar-refractivity contribution in [2.75, 3.05) is 0 Å². The standard InChI is InChI=1S/C14H8F6N2O4S2/c1-5(6-4-27-12(22-6)26-11(25)14(18,19)20)21-10(24)8-3-2-7(28-8)9(23)13(15,16)17/h2-5H,1H3,(H,21,24)/q+1. The maximum atomic E-state index is 12.4. The van der Waals surface area contributed by atoms with Crippen LogP contribution in [-0.4, -0.2) is 41.3 Å². The van der Waals surface area contributed by atoms with Crippen LogP contribution in [0.5, 0.6) is 0 Å². The van der Waals surface area contributed by atoms with Crippen molar-refractivity contribution in [1.82, 2.24) is 10.3 Å². The van der Waals surface area contributed by atoms with Crippen LogP contribution in [0.3, 0.4) is 0 Å². The van der Waals surface area contributed by atoms with Gasteiger partial charge in [0.2, 0.25) is 0 Å². The average molecular weight is 446 g/mol. The molecular formula is C14H8F6N2O4S2+. The third-order valence-corrected chi connectivity index (χ3v) is 4.83. The van der Waals surface area contributed by atoms with E-state index in [1.54, 1.807) is 0 Å². The number of Topliss-reactive ketones (excluding diaryl/α,β-unsaturated/α-hetero) is 1. The summed E-state index contributed by atoms with van der Waals surface area (Å²) in [6, 6.07) is 1.02. The van der Waals surface area contributed by atoms with Gasteiger partial charge in [-0.1, -0.05) is 0 Å². The van der Waals surface area contributed by atoms with Crippen molar-refractivity contribution in [1.29, 1.82) is 0 Å². The fourth-order valence-corrected chi connectivity index (χ4v) is 3.34. The first-order chi connectivity index (χ1) is 12.8. The Balaban J connectivity index is 1.99. The summed E-state index contributed by atoms with van der Waals surface area (Å²) in [5.74, 6) is -5.36. The number of carbonyl (C=O) groups excluding carboxylic acids is 3. The molecule has 2 rings (SSSR count). The van der Waals surface area contributed by atoms with Gasteiger partial charge in [-0.05, 0) is 19.1 Å². The fourth-order valence-electron chi connectivity index (χ4n) is 1.72. The molecule has 14 heteroatoms. The molecule has 1 aromatic heterocycles. The van der Waals surface area contributed by atoms with Gasteiger partial charge >= 0.3 is 23.6 Å². The van der Waals surface area contributed by atoms with Gasteiger partial charge in [0.05, 0.1) is 15.2 Å². The van der Waals surface area contributed by atoms with Crippen molar-refractivity contribution in [2.24, 2.45) is 0 Å². The van der Waals surface area contributed by atoms with Crippen LogP contribution in [0, 0.1) is 0 Å². The Labute approximate surface area is 160 Å². The zero-order valence-electron chi connectivity index (χ0n) is 13.5. The highest BCUT2D eigenvalue weighted by Crippen LogP contribution is 2.27. The van der Waals surface area contributed by atoms with Crippen molar-refractivity contribution in [3.05, 3.63) is 33.0 Å². The minimum atomic E-state index is -5.20. The number of nitrogens with zero attached hydrogens (tertiary/aromatic N) is 1. The first kappa shape index (κ1) is 21.9. The van der Waals surface area contributed by atoms with Crippen molar-refractivity contribution in [2.45, 2.75) is 25.3 Å². The van der Waals surface area contributed by atoms with Crippen LogP contribution in [-0.2, 0) is 9.53 Å². The van der Waals surface area contributed by atoms with E-state index in [9.17, 15) is 40.7 Å². The van der Waals surface area contributed by atoms with Crippen molar-refractivity contribution >= 4 is 46.0 Å². The van der Waals surface area contributed by atoms with Gasteiger partial charge in [0, 0.05) is 11.8 Å². The van der Waals surface area contributed by atoms with Crippen molar-refractivity contribution in [3.63, 3.8) is 0 Å². The summed E-state index contributed by atoms with van der Waals surface area (Å²) in [4.78, 5) is 36.7. The number of carbonyl (C=O) groups is 3. The van der Waals surface area contributed by atoms with E-state index >= 15 is 0 Å². The number of amides is 1. The van der Waals surface area contributed by atoms with Gasteiger partial charge in [-0.25, -0.2) is 4.79 Å². The van der Waals surface area contributed by atoms with Gasteiger partial charge in [-0.15, -0.1) is 11.3 Å². The lowest BCUT2D eigenvalue weighted by atomic mass is 10.2. The maximum Gasteiger partial charge on any atom is 0.491 e. The predicted molar refractivity (Wildman–Crippen MR) is 86.6 cm³/mol. The lowest BCUT2D eigenvalue weighted by Crippen LogP contribution is -2.35. The summed E-state index contributed by atoms with van der Waals surface area (Å²) in [5.41, 5.74) is 0.0615. The third-order valence-electron chi connectivity index (χ3n) is 3.01. The summed E-state index contributed by atoms with van der Waals surface area (Å²) in [6.07, 6.45) is -10.3. The average Bonchev–Trinajstić information content (AvgIpc) is 3.21. The number of ether oxygens (including phenoxy) is 1. The van der Waals surface area contributed by atoms with Crippen LogP contribution in [0.4, 0.5) is 26.3 Å². The van der Waals surface area contributed by atoms with Gasteiger partial charge in [-0.3, -0.25) is 9.59 Å². The van der Waals surface area contributed by atoms with Gasteiger partial charge in [0.25, 0.3) is 17.4 Å². The first-order valence-electron chi connectivity index (χ1n) is 7.05. The molecule has 151 valence electrons. The number of hydrogen-bond donors (Lipinski definition) is 1. The second kappa shape index (κ2) is 7.95. The first-order valence-corrected chi connectivity index (χ1v) is 8.75. The Hall–Kier alpha value is -2.35. The van der Waals surface area contributed by atoms with Gasteiger partial charge in [0.15, 0.2) is 0 Å². The summed E-state index contributed by atoms with van der Waals surface area (Å²) in [6.45, 7) is 1.40. The molecule has 1 amide bonds. The zero-order chi connectivity index (χ0) is 21.3. The van der Waals surface area contributed by atoms with Crippen LogP contribution >= 0.6 is 23.1 Å². The van der Waals surface area contributed by atoms with E-state index in [1.165, 1.54) is 12.3 Å². The van der Waals surface area contributed by atoms with Crippen LogP contribution in [0.1, 0.15) is 26.3 Å². The van der Waals surface area contributed by atoms with E-state index in [1.807, 2.05) is 0 Å². The normalized spacial score (nSPS) is 15.5. The maximum absolute atomic E-state index is 12.4. The molecule has 0 saturated heterocycles. The van der Waals surface area contributed by atoms with E-state index in [0.29, 0.717) is 23.1 Å². The van der Waals surface area contributed by atoms with E-state index in [4.69, 9.17) is 0 Å². The molecule has 1 atom stereocenters. The molecule has 1 unspecified atom stereocenters. The number of esters is 1. The second-order valence-electron chi connectivity index (χ2n) is 5.11. The highest BCUT2D eigenvalue weighted by atomic mass is 32.2. The topological polar surface area (TPSA) is 86.6 Å². The molecule has 0 saturated carbocycles. The summed E-state index contributed by atoms with van der Waals surface area (Å²) >= 11 is 0.919. The minimum absolute atomic E-state index is 0.0615. The summed E-state index contributed by atoms with van der Waals surface area (Å²) in [7, 11) is 0. The van der Waals surface area contributed by atoms with Gasteiger partial charge in [-0.2, -0.15) is 26.3 Å². The van der Waals surface area contributed by atoms with Crippen LogP contribution in [0.2, 0.25) is 0 Å². The number of thiophene rings is 1. The van der Waals surface area contributed by atoms with E-state index in [2.05, 4.69) is 15.0 Å². The van der Waals surface area contributed by atoms with Crippen molar-refractivity contribution < 1.29 is 45.5 Å². The molecule has 0 bridgehead atoms. The molecule has 28 heavy (non-hydrogen) atoms. The largest absolute Gasteiger partial charge is 0.491 e. The van der Waals surface area contributed by atoms with Crippen LogP contribution in [0.15, 0.2) is 23.2 Å². The molecular weight excluding hydrogens is 438 g/mol. The number of halogens is 6. The lowest BCUT2D eigenvalue weighted by molar-refractivity contribution is -0.190. The molecule has 0 aromatic carbocycles. The monoisotopic (exact) mass is 446 g/mol. The third kappa shape index (κ3) is 5.34. The number of hydrogen-bond acceptors (Lipinski definition) is 7. The van der Waals surface area contributed by atoms with Gasteiger partial charge < -0.3 is 10.1 Å². The molecule has 6 nitrogen and oxygen atoms in total. The number of alkyl halides is 6. The fraction of sp³-hybridized carbons (Fsp3) is 0.286. The van der Waals surface area contributed by atoms with E-state index < -0.39 is 46.2 Å². The Morgan fingerprint density at radius 3 is 2.25 bits per heavy atom. The smallest absolute Gasteiger partial charge is 0.354 e.